The van der Waals surface area contributed by atoms with E-state index in [0.29, 0.717) is 35.9 Å². The van der Waals surface area contributed by atoms with E-state index in [0.717, 1.165) is 27.8 Å². The maximum absolute atomic E-state index is 5.51. The van der Waals surface area contributed by atoms with Gasteiger partial charge in [0.15, 0.2) is 5.65 Å². The van der Waals surface area contributed by atoms with Crippen LogP contribution in [0.4, 0.5) is 0 Å². The van der Waals surface area contributed by atoms with Crippen LogP contribution in [-0.2, 0) is 18.0 Å². The van der Waals surface area contributed by atoms with E-state index >= 15 is 0 Å². The molecular formula is C24H21N7O2. The fraction of sp³-hybridized carbons (Fsp3) is 0.167. The lowest BCUT2D eigenvalue weighted by atomic mass is 10.1. The molecule has 0 saturated heterocycles. The summed E-state index contributed by atoms with van der Waals surface area (Å²) in [5.74, 6) is 0.799. The van der Waals surface area contributed by atoms with Gasteiger partial charge in [-0.15, -0.1) is 5.10 Å². The predicted molar refractivity (Wildman–Crippen MR) is 124 cm³/mol. The van der Waals surface area contributed by atoms with Crippen LogP contribution in [0, 0.1) is 0 Å². The number of methoxy groups -OCH3 is 1. The first-order valence-electron chi connectivity index (χ1n) is 10.4. The topological polar surface area (TPSA) is 100 Å². The third-order valence-electron chi connectivity index (χ3n) is 5.19. The van der Waals surface area contributed by atoms with Crippen molar-refractivity contribution in [2.24, 2.45) is 5.16 Å². The van der Waals surface area contributed by atoms with Crippen LogP contribution in [-0.4, -0.2) is 42.8 Å². The van der Waals surface area contributed by atoms with Crippen molar-refractivity contribution >= 4 is 27.9 Å². The fourth-order valence-corrected chi connectivity index (χ4v) is 3.40. The van der Waals surface area contributed by atoms with Crippen LogP contribution in [0.15, 0.2) is 72.1 Å². The average molecular weight is 439 g/mol. The van der Waals surface area contributed by atoms with Gasteiger partial charge >= 0.3 is 0 Å². The highest BCUT2D eigenvalue weighted by molar-refractivity contribution is 5.97. The van der Waals surface area contributed by atoms with Crippen molar-refractivity contribution in [3.8, 4) is 5.75 Å². The zero-order chi connectivity index (χ0) is 22.6. The molecule has 164 valence electrons. The number of rotatable bonds is 7. The molecule has 0 fully saturated rings. The first-order valence-corrected chi connectivity index (χ1v) is 10.4. The molecule has 0 spiro atoms. The molecule has 3 heterocycles. The van der Waals surface area contributed by atoms with Gasteiger partial charge in [-0.2, -0.15) is 0 Å². The van der Waals surface area contributed by atoms with Crippen LogP contribution in [0.2, 0.25) is 0 Å². The summed E-state index contributed by atoms with van der Waals surface area (Å²) < 4.78 is 6.90. The van der Waals surface area contributed by atoms with Gasteiger partial charge in [0.05, 0.1) is 25.4 Å². The second-order valence-corrected chi connectivity index (χ2v) is 7.48. The van der Waals surface area contributed by atoms with Gasteiger partial charge in [0.1, 0.15) is 23.8 Å². The molecular weight excluding hydrogens is 418 g/mol. The van der Waals surface area contributed by atoms with E-state index in [9.17, 15) is 0 Å². The number of pyridine rings is 1. The Hall–Kier alpha value is -4.40. The minimum atomic E-state index is 0.341. The number of ether oxygens (including phenoxy) is 1. The Morgan fingerprint density at radius 1 is 1.03 bits per heavy atom. The molecule has 0 atom stereocenters. The van der Waals surface area contributed by atoms with Crippen molar-refractivity contribution < 1.29 is 9.57 Å². The Kier molecular flexibility index (Phi) is 5.59. The van der Waals surface area contributed by atoms with E-state index in [-0.39, 0.29) is 0 Å². The summed E-state index contributed by atoms with van der Waals surface area (Å²) in [7, 11) is 1.64. The van der Waals surface area contributed by atoms with Gasteiger partial charge < -0.3 is 9.57 Å². The number of fused-ring (bicyclic) bond motifs is 2. The lowest BCUT2D eigenvalue weighted by Crippen LogP contribution is -2.06. The number of oxime groups is 1. The number of aromatic nitrogens is 6. The van der Waals surface area contributed by atoms with Crippen molar-refractivity contribution in [1.29, 1.82) is 0 Å². The van der Waals surface area contributed by atoms with Crippen molar-refractivity contribution in [3.63, 3.8) is 0 Å². The van der Waals surface area contributed by atoms with E-state index in [1.54, 1.807) is 24.2 Å². The molecule has 0 N–H and O–H groups in total. The van der Waals surface area contributed by atoms with E-state index in [1.165, 1.54) is 0 Å². The van der Waals surface area contributed by atoms with Gasteiger partial charge in [0.25, 0.3) is 0 Å². The average Bonchev–Trinajstić information content (AvgIpc) is 3.26. The monoisotopic (exact) mass is 439 g/mol. The zero-order valence-corrected chi connectivity index (χ0v) is 18.2. The van der Waals surface area contributed by atoms with Gasteiger partial charge in [-0.3, -0.25) is 4.98 Å². The van der Waals surface area contributed by atoms with Crippen molar-refractivity contribution in [2.75, 3.05) is 7.11 Å². The summed E-state index contributed by atoms with van der Waals surface area (Å²) >= 11 is 0. The van der Waals surface area contributed by atoms with Gasteiger partial charge in [-0.1, -0.05) is 34.6 Å². The largest absolute Gasteiger partial charge is 0.497 e. The highest BCUT2D eigenvalue weighted by Crippen LogP contribution is 2.16. The molecule has 2 aromatic carbocycles. The van der Waals surface area contributed by atoms with E-state index in [1.807, 2.05) is 55.5 Å². The number of hydrogen-bond donors (Lipinski definition) is 0. The molecule has 0 amide bonds. The van der Waals surface area contributed by atoms with E-state index in [2.05, 4.69) is 36.5 Å². The minimum Gasteiger partial charge on any atom is -0.497 e. The van der Waals surface area contributed by atoms with Gasteiger partial charge in [0, 0.05) is 11.6 Å². The maximum Gasteiger partial charge on any atom is 0.221 e. The molecule has 33 heavy (non-hydrogen) atoms. The van der Waals surface area contributed by atoms with E-state index in [4.69, 9.17) is 9.57 Å². The summed E-state index contributed by atoms with van der Waals surface area (Å²) in [5, 5.41) is 13.6. The SMILES string of the molecule is COc1ccc(CO/N=C(/C)c2cnc3nnn(Cc4ccc5ncccc5c4)c3n2)cc1. The second kappa shape index (κ2) is 8.99. The highest BCUT2D eigenvalue weighted by Gasteiger charge is 2.11. The Morgan fingerprint density at radius 3 is 2.73 bits per heavy atom. The first-order chi connectivity index (χ1) is 16.2. The molecule has 9 nitrogen and oxygen atoms in total. The van der Waals surface area contributed by atoms with Gasteiger partial charge in [-0.05, 0) is 48.4 Å². The number of benzene rings is 2. The molecule has 3 aromatic heterocycles. The summed E-state index contributed by atoms with van der Waals surface area (Å²) in [5.41, 5.74) is 5.29. The Labute approximate surface area is 189 Å². The maximum atomic E-state index is 5.51. The third-order valence-corrected chi connectivity index (χ3v) is 5.19. The summed E-state index contributed by atoms with van der Waals surface area (Å²) in [6.07, 6.45) is 3.41. The Morgan fingerprint density at radius 2 is 1.88 bits per heavy atom. The molecule has 0 aliphatic carbocycles. The fourth-order valence-electron chi connectivity index (χ4n) is 3.40. The van der Waals surface area contributed by atoms with Gasteiger partial charge in [-0.25, -0.2) is 14.6 Å². The van der Waals surface area contributed by atoms with Crippen LogP contribution < -0.4 is 4.74 Å². The van der Waals surface area contributed by atoms with Crippen LogP contribution in [0.3, 0.4) is 0 Å². The van der Waals surface area contributed by atoms with Crippen molar-refractivity contribution in [3.05, 3.63) is 83.8 Å². The highest BCUT2D eigenvalue weighted by atomic mass is 16.6. The third kappa shape index (κ3) is 4.47. The second-order valence-electron chi connectivity index (χ2n) is 7.48. The summed E-state index contributed by atoms with van der Waals surface area (Å²) in [6.45, 7) is 2.69. The normalized spacial score (nSPS) is 11.8. The molecule has 0 unspecified atom stereocenters. The molecule has 5 aromatic rings. The Balaban J connectivity index is 1.33. The molecule has 5 rings (SSSR count). The number of hydrogen-bond acceptors (Lipinski definition) is 8. The summed E-state index contributed by atoms with van der Waals surface area (Å²) in [4.78, 5) is 18.9. The standard InChI is InChI=1S/C24H21N7O2/c1-16(29-33-15-17-5-8-20(32-2)9-6-17)22-13-26-23-24(27-22)31(30-28-23)14-18-7-10-21-19(12-18)4-3-11-25-21/h3-13H,14-15H2,1-2H3/b29-16-. The lowest BCUT2D eigenvalue weighted by molar-refractivity contribution is 0.130. The summed E-state index contributed by atoms with van der Waals surface area (Å²) in [6, 6.07) is 17.7. The predicted octanol–water partition coefficient (Wildman–Crippen LogP) is 3.77. The van der Waals surface area contributed by atoms with Crippen molar-refractivity contribution in [2.45, 2.75) is 20.1 Å². The molecule has 0 aliphatic rings. The molecule has 0 aliphatic heterocycles. The van der Waals surface area contributed by atoms with Gasteiger partial charge in [0.2, 0.25) is 5.65 Å². The van der Waals surface area contributed by atoms with Crippen LogP contribution in [0.25, 0.3) is 22.2 Å². The quantitative estimate of drug-likeness (QED) is 0.281. The first kappa shape index (κ1) is 20.5. The number of nitrogens with zero attached hydrogens (tertiary/aromatic N) is 7. The van der Waals surface area contributed by atoms with E-state index < -0.39 is 0 Å². The smallest absolute Gasteiger partial charge is 0.221 e. The minimum absolute atomic E-state index is 0.341. The van der Waals surface area contributed by atoms with Crippen molar-refractivity contribution in [1.82, 2.24) is 29.9 Å². The molecule has 0 radical (unpaired) electrons. The Bertz CT molecular complexity index is 1440. The molecule has 0 bridgehead atoms. The van der Waals surface area contributed by atoms with Crippen LogP contribution >= 0.6 is 0 Å². The van der Waals surface area contributed by atoms with Crippen LogP contribution in [0.1, 0.15) is 23.7 Å². The molecule has 9 heteroatoms. The lowest BCUT2D eigenvalue weighted by Gasteiger charge is -2.05. The molecule has 0 saturated carbocycles. The van der Waals surface area contributed by atoms with Crippen LogP contribution in [0.5, 0.6) is 5.75 Å². The zero-order valence-electron chi connectivity index (χ0n) is 18.2.